The van der Waals surface area contributed by atoms with Gasteiger partial charge in [0.15, 0.2) is 6.29 Å². The first-order chi connectivity index (χ1) is 7.13. The van der Waals surface area contributed by atoms with Crippen LogP contribution in [0.5, 0.6) is 5.75 Å². The lowest BCUT2D eigenvalue weighted by Crippen LogP contribution is -2.07. The predicted octanol–water partition coefficient (Wildman–Crippen LogP) is 1.09. The van der Waals surface area contributed by atoms with E-state index in [1.54, 1.807) is 18.2 Å². The molecule has 0 radical (unpaired) electrons. The van der Waals surface area contributed by atoms with Crippen molar-refractivity contribution in [3.8, 4) is 5.75 Å². The summed E-state index contributed by atoms with van der Waals surface area (Å²) in [5.41, 5.74) is 5.89. The third-order valence-corrected chi connectivity index (χ3v) is 1.81. The molecule has 4 heteroatoms. The fourth-order valence-electron chi connectivity index (χ4n) is 1.08. The molecule has 1 aromatic carbocycles. The highest BCUT2D eigenvalue weighted by Gasteiger charge is 1.99. The number of carbonyl (C=O) groups is 2. The molecule has 0 fully saturated rings. The van der Waals surface area contributed by atoms with Crippen LogP contribution in [0, 0.1) is 0 Å². The molecule has 0 spiro atoms. The number of amides is 1. The van der Waals surface area contributed by atoms with Gasteiger partial charge in [-0.3, -0.25) is 9.59 Å². The average Bonchev–Trinajstić information content (AvgIpc) is 2.17. The van der Waals surface area contributed by atoms with E-state index < -0.39 is 5.91 Å². The van der Waals surface area contributed by atoms with Crippen molar-refractivity contribution in [2.75, 3.05) is 0 Å². The van der Waals surface area contributed by atoms with Crippen LogP contribution in [0.1, 0.15) is 22.3 Å². The minimum atomic E-state index is -0.417. The van der Waals surface area contributed by atoms with Gasteiger partial charge in [-0.15, -0.1) is 0 Å². The van der Waals surface area contributed by atoms with Gasteiger partial charge in [0.1, 0.15) is 5.75 Å². The molecule has 15 heavy (non-hydrogen) atoms. The van der Waals surface area contributed by atoms with E-state index >= 15 is 0 Å². The van der Waals surface area contributed by atoms with Crippen LogP contribution in [0.2, 0.25) is 0 Å². The minimum absolute atomic E-state index is 0.0776. The Bertz CT molecular complexity index is 410. The molecule has 0 bridgehead atoms. The molecule has 0 aliphatic heterocycles. The zero-order chi connectivity index (χ0) is 11.3. The lowest BCUT2D eigenvalue weighted by molar-refractivity contribution is -0.117. The first-order valence-corrected chi connectivity index (χ1v) is 4.36. The van der Waals surface area contributed by atoms with E-state index in [0.29, 0.717) is 11.8 Å². The Kier molecular flexibility index (Phi) is 3.62. The van der Waals surface area contributed by atoms with Crippen molar-refractivity contribution in [1.29, 1.82) is 0 Å². The molecule has 0 aromatic heterocycles. The third-order valence-electron chi connectivity index (χ3n) is 1.81. The molecule has 0 aliphatic rings. The summed E-state index contributed by atoms with van der Waals surface area (Å²) in [5, 5.41) is 9.34. The van der Waals surface area contributed by atoms with Crippen LogP contribution in [-0.4, -0.2) is 17.3 Å². The maximum atomic E-state index is 10.4. The van der Waals surface area contributed by atoms with Crippen LogP contribution < -0.4 is 5.73 Å². The summed E-state index contributed by atoms with van der Waals surface area (Å²) in [4.78, 5) is 20.8. The minimum Gasteiger partial charge on any atom is -0.507 e. The molecule has 3 N–H and O–H groups in total. The largest absolute Gasteiger partial charge is 0.507 e. The highest BCUT2D eigenvalue weighted by atomic mass is 16.3. The lowest BCUT2D eigenvalue weighted by Gasteiger charge is -1.98. The number of hydrogen-bond donors (Lipinski definition) is 2. The van der Waals surface area contributed by atoms with E-state index in [2.05, 4.69) is 0 Å². The Labute approximate surface area is 87.0 Å². The number of benzene rings is 1. The van der Waals surface area contributed by atoms with Gasteiger partial charge in [0.2, 0.25) is 5.91 Å². The molecular formula is C11H11NO3. The maximum absolute atomic E-state index is 10.4. The van der Waals surface area contributed by atoms with Crippen LogP contribution in [0.3, 0.4) is 0 Å². The Balaban J connectivity index is 2.79. The topological polar surface area (TPSA) is 80.4 Å². The first-order valence-electron chi connectivity index (χ1n) is 4.36. The first kappa shape index (κ1) is 11.0. The standard InChI is InChI=1S/C11H11NO3/c12-11(15)3-1-2-8-4-5-9(7-13)10(14)6-8/h1-2,4-7,14H,3H2,(H2,12,15). The predicted molar refractivity (Wildman–Crippen MR) is 56.3 cm³/mol. The van der Waals surface area contributed by atoms with Gasteiger partial charge in [0.05, 0.1) is 5.56 Å². The van der Waals surface area contributed by atoms with Crippen molar-refractivity contribution in [2.45, 2.75) is 6.42 Å². The fourth-order valence-corrected chi connectivity index (χ4v) is 1.08. The van der Waals surface area contributed by atoms with E-state index in [4.69, 9.17) is 5.73 Å². The van der Waals surface area contributed by atoms with Crippen molar-refractivity contribution >= 4 is 18.3 Å². The maximum Gasteiger partial charge on any atom is 0.221 e. The number of phenols is 1. The van der Waals surface area contributed by atoms with Crippen molar-refractivity contribution in [3.63, 3.8) is 0 Å². The van der Waals surface area contributed by atoms with Gasteiger partial charge in [-0.2, -0.15) is 0 Å². The monoisotopic (exact) mass is 205 g/mol. The molecule has 0 atom stereocenters. The second-order valence-electron chi connectivity index (χ2n) is 3.01. The van der Waals surface area contributed by atoms with E-state index in [1.807, 2.05) is 0 Å². The van der Waals surface area contributed by atoms with Gasteiger partial charge >= 0.3 is 0 Å². The Morgan fingerprint density at radius 2 is 2.20 bits per heavy atom. The van der Waals surface area contributed by atoms with Gasteiger partial charge in [0, 0.05) is 6.42 Å². The fraction of sp³-hybridized carbons (Fsp3) is 0.0909. The summed E-state index contributed by atoms with van der Waals surface area (Å²) in [7, 11) is 0. The number of aldehydes is 1. The molecule has 0 heterocycles. The van der Waals surface area contributed by atoms with Crippen molar-refractivity contribution in [3.05, 3.63) is 35.4 Å². The summed E-state index contributed by atoms with van der Waals surface area (Å²) >= 11 is 0. The smallest absolute Gasteiger partial charge is 0.221 e. The third kappa shape index (κ3) is 3.27. The van der Waals surface area contributed by atoms with Crippen LogP contribution >= 0.6 is 0 Å². The van der Waals surface area contributed by atoms with E-state index in [9.17, 15) is 14.7 Å². The SMILES string of the molecule is NC(=O)CC=Cc1ccc(C=O)c(O)c1. The number of nitrogens with two attached hydrogens (primary N) is 1. The number of hydrogen-bond acceptors (Lipinski definition) is 3. The highest BCUT2D eigenvalue weighted by Crippen LogP contribution is 2.17. The molecule has 0 unspecified atom stereocenters. The summed E-state index contributed by atoms with van der Waals surface area (Å²) in [6.45, 7) is 0. The van der Waals surface area contributed by atoms with E-state index in [0.717, 1.165) is 0 Å². The van der Waals surface area contributed by atoms with Crippen LogP contribution in [-0.2, 0) is 4.79 Å². The van der Waals surface area contributed by atoms with Crippen molar-refractivity contribution in [1.82, 2.24) is 0 Å². The van der Waals surface area contributed by atoms with Gasteiger partial charge in [-0.05, 0) is 17.7 Å². The summed E-state index contributed by atoms with van der Waals surface area (Å²) in [6, 6.07) is 4.62. The number of rotatable bonds is 4. The summed E-state index contributed by atoms with van der Waals surface area (Å²) < 4.78 is 0. The quantitative estimate of drug-likeness (QED) is 0.722. The molecule has 0 aliphatic carbocycles. The lowest BCUT2D eigenvalue weighted by atomic mass is 10.1. The molecule has 4 nitrogen and oxygen atoms in total. The zero-order valence-electron chi connectivity index (χ0n) is 8.01. The Hall–Kier alpha value is -2.10. The average molecular weight is 205 g/mol. The van der Waals surface area contributed by atoms with Crippen LogP contribution in [0.15, 0.2) is 24.3 Å². The molecule has 1 aromatic rings. The molecule has 0 saturated carbocycles. The zero-order valence-corrected chi connectivity index (χ0v) is 8.01. The second-order valence-corrected chi connectivity index (χ2v) is 3.01. The number of carbonyl (C=O) groups excluding carboxylic acids is 2. The van der Waals surface area contributed by atoms with Crippen molar-refractivity contribution < 1.29 is 14.7 Å². The highest BCUT2D eigenvalue weighted by molar-refractivity contribution is 5.80. The molecule has 78 valence electrons. The molecule has 1 amide bonds. The number of phenolic OH excluding ortho intramolecular Hbond substituents is 1. The van der Waals surface area contributed by atoms with Gasteiger partial charge in [-0.1, -0.05) is 18.2 Å². The molecule has 1 rings (SSSR count). The molecule has 0 saturated heterocycles. The van der Waals surface area contributed by atoms with Crippen LogP contribution in [0.25, 0.3) is 6.08 Å². The summed E-state index contributed by atoms with van der Waals surface area (Å²) in [5.74, 6) is -0.494. The van der Waals surface area contributed by atoms with Gasteiger partial charge < -0.3 is 10.8 Å². The Morgan fingerprint density at radius 1 is 1.47 bits per heavy atom. The summed E-state index contributed by atoms with van der Waals surface area (Å²) in [6.07, 6.45) is 3.97. The van der Waals surface area contributed by atoms with E-state index in [-0.39, 0.29) is 17.7 Å². The second kappa shape index (κ2) is 4.95. The number of aromatic hydroxyl groups is 1. The number of primary amides is 1. The Morgan fingerprint density at radius 3 is 2.73 bits per heavy atom. The van der Waals surface area contributed by atoms with Gasteiger partial charge in [0.25, 0.3) is 0 Å². The molecular weight excluding hydrogens is 194 g/mol. The van der Waals surface area contributed by atoms with Crippen LogP contribution in [0.4, 0.5) is 0 Å². The van der Waals surface area contributed by atoms with Crippen molar-refractivity contribution in [2.24, 2.45) is 5.73 Å². The van der Waals surface area contributed by atoms with Gasteiger partial charge in [-0.25, -0.2) is 0 Å². The van der Waals surface area contributed by atoms with E-state index in [1.165, 1.54) is 12.1 Å². The normalized spacial score (nSPS) is 10.4.